The van der Waals surface area contributed by atoms with Gasteiger partial charge in [-0.2, -0.15) is 0 Å². The van der Waals surface area contributed by atoms with Crippen LogP contribution >= 0.6 is 0 Å². The lowest BCUT2D eigenvalue weighted by Crippen LogP contribution is -2.51. The zero-order chi connectivity index (χ0) is 11.6. The molecule has 1 unspecified atom stereocenters. The average molecular weight is 240 g/mol. The van der Waals surface area contributed by atoms with Gasteiger partial charge in [-0.1, -0.05) is 7.43 Å². The Morgan fingerprint density at radius 3 is 2.47 bits per heavy atom. The van der Waals surface area contributed by atoms with Crippen LogP contribution in [0.2, 0.25) is 0 Å². The Hall–Kier alpha value is -0.570. The number of hydrogen-bond donors (Lipinski definition) is 0. The van der Waals surface area contributed by atoms with Gasteiger partial charge in [0.25, 0.3) is 0 Å². The molecule has 0 saturated carbocycles. The zero-order valence-electron chi connectivity index (χ0n) is 10.6. The minimum atomic E-state index is 0. The Labute approximate surface area is 106 Å². The van der Waals surface area contributed by atoms with E-state index in [2.05, 4.69) is 23.6 Å². The molecular weight excluding hydrogens is 212 g/mol. The van der Waals surface area contributed by atoms with Crippen molar-refractivity contribution in [1.82, 2.24) is 9.80 Å². The van der Waals surface area contributed by atoms with E-state index in [1.807, 2.05) is 0 Å². The number of carbonyl (C=O) groups excluding carboxylic acids is 1. The second-order valence-corrected chi connectivity index (χ2v) is 5.65. The lowest BCUT2D eigenvalue weighted by molar-refractivity contribution is -0.122. The van der Waals surface area contributed by atoms with Crippen LogP contribution in [0.1, 0.15) is 53.4 Å². The van der Waals surface area contributed by atoms with E-state index in [0.717, 1.165) is 19.5 Å². The molecule has 2 aliphatic heterocycles. The number of amides is 1. The van der Waals surface area contributed by atoms with E-state index in [1.54, 1.807) is 0 Å². The summed E-state index contributed by atoms with van der Waals surface area (Å²) in [5, 5.41) is 0. The first-order valence-corrected chi connectivity index (χ1v) is 6.64. The van der Waals surface area contributed by atoms with Gasteiger partial charge in [0.2, 0.25) is 6.41 Å². The summed E-state index contributed by atoms with van der Waals surface area (Å²) in [7, 11) is 0. The smallest absolute Gasteiger partial charge is 0.210 e. The fourth-order valence-corrected chi connectivity index (χ4v) is 3.31. The topological polar surface area (TPSA) is 23.6 Å². The largest absolute Gasteiger partial charge is 0.338 e. The fraction of sp³-hybridized carbons (Fsp3) is 0.929. The maximum Gasteiger partial charge on any atom is 0.210 e. The van der Waals surface area contributed by atoms with Crippen LogP contribution in [-0.4, -0.2) is 47.4 Å². The summed E-state index contributed by atoms with van der Waals surface area (Å²) in [5.41, 5.74) is 0.169. The van der Waals surface area contributed by atoms with Crippen LogP contribution in [0.4, 0.5) is 0 Å². The van der Waals surface area contributed by atoms with E-state index in [0.29, 0.717) is 6.04 Å². The molecule has 2 rings (SSSR count). The van der Waals surface area contributed by atoms with Gasteiger partial charge in [0, 0.05) is 19.1 Å². The third-order valence-electron chi connectivity index (χ3n) is 4.34. The van der Waals surface area contributed by atoms with Crippen molar-refractivity contribution in [3.05, 3.63) is 0 Å². The molecule has 0 aromatic carbocycles. The van der Waals surface area contributed by atoms with Crippen LogP contribution in [0.5, 0.6) is 0 Å². The number of likely N-dealkylation sites (tertiary alicyclic amines) is 2. The molecule has 2 heterocycles. The predicted molar refractivity (Wildman–Crippen MR) is 72.0 cm³/mol. The third-order valence-corrected chi connectivity index (χ3v) is 4.34. The summed E-state index contributed by atoms with van der Waals surface area (Å²) in [6, 6.07) is 0.601. The van der Waals surface area contributed by atoms with Gasteiger partial charge >= 0.3 is 0 Å². The summed E-state index contributed by atoms with van der Waals surface area (Å²) >= 11 is 0. The molecule has 2 fully saturated rings. The quantitative estimate of drug-likeness (QED) is 0.692. The highest BCUT2D eigenvalue weighted by Gasteiger charge is 2.42. The Balaban J connectivity index is 0.00000144. The average Bonchev–Trinajstić information content (AvgIpc) is 2.50. The van der Waals surface area contributed by atoms with Gasteiger partial charge in [-0.05, 0) is 52.5 Å². The molecule has 0 aliphatic carbocycles. The van der Waals surface area contributed by atoms with Crippen LogP contribution in [0.15, 0.2) is 0 Å². The van der Waals surface area contributed by atoms with Crippen LogP contribution in [0.25, 0.3) is 0 Å². The molecule has 0 bridgehead atoms. The number of rotatable bonds is 2. The first-order valence-electron chi connectivity index (χ1n) is 6.64. The summed E-state index contributed by atoms with van der Waals surface area (Å²) in [6.07, 6.45) is 7.23. The van der Waals surface area contributed by atoms with Crippen molar-refractivity contribution in [2.45, 2.75) is 65.0 Å². The molecule has 1 amide bonds. The van der Waals surface area contributed by atoms with Crippen molar-refractivity contribution in [3.63, 3.8) is 0 Å². The number of carbonyl (C=O) groups is 1. The zero-order valence-corrected chi connectivity index (χ0v) is 10.6. The van der Waals surface area contributed by atoms with E-state index >= 15 is 0 Å². The fourth-order valence-electron chi connectivity index (χ4n) is 3.31. The SMILES string of the molecule is C.CC(C)N1CCCCC2(CCCN2C=O)C1. The van der Waals surface area contributed by atoms with Crippen LogP contribution in [0.3, 0.4) is 0 Å². The Kier molecular flexibility index (Phi) is 4.99. The molecule has 1 atom stereocenters. The predicted octanol–water partition coefficient (Wildman–Crippen LogP) is 2.51. The highest BCUT2D eigenvalue weighted by molar-refractivity contribution is 5.50. The summed E-state index contributed by atoms with van der Waals surface area (Å²) < 4.78 is 0. The molecule has 100 valence electrons. The first kappa shape index (κ1) is 14.5. The van der Waals surface area contributed by atoms with Gasteiger partial charge in [-0.25, -0.2) is 0 Å². The van der Waals surface area contributed by atoms with Crippen molar-refractivity contribution in [2.75, 3.05) is 19.6 Å². The molecule has 0 N–H and O–H groups in total. The van der Waals surface area contributed by atoms with E-state index in [1.165, 1.54) is 38.6 Å². The lowest BCUT2D eigenvalue weighted by atomic mass is 9.90. The third kappa shape index (κ3) is 2.82. The molecule has 2 aliphatic rings. The molecule has 3 nitrogen and oxygen atoms in total. The van der Waals surface area contributed by atoms with E-state index < -0.39 is 0 Å². The van der Waals surface area contributed by atoms with Gasteiger partial charge < -0.3 is 4.90 Å². The van der Waals surface area contributed by atoms with Crippen molar-refractivity contribution in [1.29, 1.82) is 0 Å². The Morgan fingerprint density at radius 1 is 1.12 bits per heavy atom. The second-order valence-electron chi connectivity index (χ2n) is 5.65. The maximum atomic E-state index is 11.2. The van der Waals surface area contributed by atoms with Crippen molar-refractivity contribution in [3.8, 4) is 0 Å². The molecule has 2 saturated heterocycles. The van der Waals surface area contributed by atoms with Crippen LogP contribution < -0.4 is 0 Å². The van der Waals surface area contributed by atoms with Gasteiger partial charge in [0.05, 0.1) is 5.54 Å². The van der Waals surface area contributed by atoms with Gasteiger partial charge in [0.15, 0.2) is 0 Å². The van der Waals surface area contributed by atoms with Gasteiger partial charge in [-0.3, -0.25) is 9.69 Å². The Morgan fingerprint density at radius 2 is 1.82 bits per heavy atom. The van der Waals surface area contributed by atoms with Crippen molar-refractivity contribution < 1.29 is 4.79 Å². The normalized spacial score (nSPS) is 30.4. The Bertz CT molecular complexity index is 255. The first-order chi connectivity index (χ1) is 7.68. The van der Waals surface area contributed by atoms with Crippen LogP contribution in [0, 0.1) is 0 Å². The minimum Gasteiger partial charge on any atom is -0.338 e. The standard InChI is InChI=1S/C13H24N2O.CH4/c1-12(2)14-8-4-3-6-13(10-14)7-5-9-15(13)11-16;/h11-12H,3-10H2,1-2H3;1H4. The molecule has 0 radical (unpaired) electrons. The molecule has 17 heavy (non-hydrogen) atoms. The summed E-state index contributed by atoms with van der Waals surface area (Å²) in [5.74, 6) is 0. The monoisotopic (exact) mass is 240 g/mol. The maximum absolute atomic E-state index is 11.2. The highest BCUT2D eigenvalue weighted by atomic mass is 16.1. The van der Waals surface area contributed by atoms with E-state index in [4.69, 9.17) is 0 Å². The van der Waals surface area contributed by atoms with Gasteiger partial charge in [0.1, 0.15) is 0 Å². The molecule has 0 aromatic rings. The molecule has 0 aromatic heterocycles. The van der Waals surface area contributed by atoms with E-state index in [-0.39, 0.29) is 13.0 Å². The van der Waals surface area contributed by atoms with Crippen molar-refractivity contribution >= 4 is 6.41 Å². The molecular formula is C14H28N2O. The second kappa shape index (κ2) is 5.85. The number of hydrogen-bond acceptors (Lipinski definition) is 2. The van der Waals surface area contributed by atoms with Crippen molar-refractivity contribution in [2.24, 2.45) is 0 Å². The van der Waals surface area contributed by atoms with Crippen LogP contribution in [-0.2, 0) is 4.79 Å². The summed E-state index contributed by atoms with van der Waals surface area (Å²) in [4.78, 5) is 15.8. The molecule has 1 spiro atoms. The number of nitrogens with zero attached hydrogens (tertiary/aromatic N) is 2. The van der Waals surface area contributed by atoms with E-state index in [9.17, 15) is 4.79 Å². The minimum absolute atomic E-state index is 0. The molecule has 3 heteroatoms. The summed E-state index contributed by atoms with van der Waals surface area (Å²) in [6.45, 7) is 7.78. The lowest BCUT2D eigenvalue weighted by Gasteiger charge is -2.40. The highest BCUT2D eigenvalue weighted by Crippen LogP contribution is 2.36. The van der Waals surface area contributed by atoms with Gasteiger partial charge in [-0.15, -0.1) is 0 Å².